The summed E-state index contributed by atoms with van der Waals surface area (Å²) in [5, 5.41) is 9.91. The lowest BCUT2D eigenvalue weighted by atomic mass is 10.1. The number of allylic oxidation sites excluding steroid dienone is 2. The quantitative estimate of drug-likeness (QED) is 0.176. The average molecular weight is 461 g/mol. The molecule has 0 radical (unpaired) electrons. The third-order valence-corrected chi connectivity index (χ3v) is 5.77. The summed E-state index contributed by atoms with van der Waals surface area (Å²) in [6, 6.07) is 1.93. The molecule has 0 aliphatic carbocycles. The van der Waals surface area contributed by atoms with E-state index in [0.717, 1.165) is 12.8 Å². The van der Waals surface area contributed by atoms with Gasteiger partial charge in [0.05, 0.1) is 0 Å². The van der Waals surface area contributed by atoms with Crippen LogP contribution in [0.2, 0.25) is 0 Å². The van der Waals surface area contributed by atoms with Crippen LogP contribution in [0, 0.1) is 0 Å². The molecule has 0 aliphatic heterocycles. The van der Waals surface area contributed by atoms with Gasteiger partial charge in [-0.2, -0.15) is 5.10 Å². The maximum atomic E-state index is 12.1. The second kappa shape index (κ2) is 19.4. The molecule has 0 fully saturated rings. The molecule has 0 atom stereocenters. The first kappa shape index (κ1) is 28.9. The van der Waals surface area contributed by atoms with Gasteiger partial charge in [0.25, 0.3) is 5.91 Å². The van der Waals surface area contributed by atoms with Crippen molar-refractivity contribution < 1.29 is 9.59 Å². The SMILES string of the molecule is CCCCCCCCC=CCCCCCCCC(=O)NCCNC(=O)c1ccn(C(C)C)n1. The Morgan fingerprint density at radius 1 is 0.879 bits per heavy atom. The minimum atomic E-state index is -0.207. The maximum absolute atomic E-state index is 12.1. The first-order valence-electron chi connectivity index (χ1n) is 13.3. The molecular formula is C27H48N4O2. The normalized spacial score (nSPS) is 11.4. The number of amides is 2. The van der Waals surface area contributed by atoms with Gasteiger partial charge in [-0.05, 0) is 52.0 Å². The predicted molar refractivity (Wildman–Crippen MR) is 137 cm³/mol. The van der Waals surface area contributed by atoms with Crippen LogP contribution < -0.4 is 10.6 Å². The van der Waals surface area contributed by atoms with Crippen LogP contribution in [0.25, 0.3) is 0 Å². The molecule has 0 unspecified atom stereocenters. The molecule has 0 spiro atoms. The van der Waals surface area contributed by atoms with Gasteiger partial charge in [0.2, 0.25) is 5.91 Å². The molecule has 33 heavy (non-hydrogen) atoms. The highest BCUT2D eigenvalue weighted by Gasteiger charge is 2.10. The van der Waals surface area contributed by atoms with Crippen molar-refractivity contribution in [3.05, 3.63) is 30.1 Å². The zero-order valence-corrected chi connectivity index (χ0v) is 21.4. The molecular weight excluding hydrogens is 412 g/mol. The Morgan fingerprint density at radius 3 is 2.06 bits per heavy atom. The zero-order chi connectivity index (χ0) is 24.2. The fraction of sp³-hybridized carbons (Fsp3) is 0.741. The Hall–Kier alpha value is -2.11. The van der Waals surface area contributed by atoms with Crippen molar-refractivity contribution in [2.75, 3.05) is 13.1 Å². The lowest BCUT2D eigenvalue weighted by Gasteiger charge is -2.07. The van der Waals surface area contributed by atoms with E-state index in [0.29, 0.717) is 25.2 Å². The van der Waals surface area contributed by atoms with Crippen LogP contribution in [0.5, 0.6) is 0 Å². The minimum Gasteiger partial charge on any atom is -0.354 e. The van der Waals surface area contributed by atoms with Gasteiger partial charge >= 0.3 is 0 Å². The van der Waals surface area contributed by atoms with E-state index in [1.54, 1.807) is 16.9 Å². The number of carbonyl (C=O) groups excluding carboxylic acids is 2. The molecule has 1 aromatic rings. The van der Waals surface area contributed by atoms with Gasteiger partial charge in [0, 0.05) is 31.7 Å². The number of aromatic nitrogens is 2. The fourth-order valence-electron chi connectivity index (χ4n) is 3.66. The highest BCUT2D eigenvalue weighted by molar-refractivity contribution is 5.92. The monoisotopic (exact) mass is 460 g/mol. The summed E-state index contributed by atoms with van der Waals surface area (Å²) in [4.78, 5) is 24.0. The van der Waals surface area contributed by atoms with Crippen molar-refractivity contribution >= 4 is 11.8 Å². The topological polar surface area (TPSA) is 76.0 Å². The van der Waals surface area contributed by atoms with E-state index in [9.17, 15) is 9.59 Å². The summed E-state index contributed by atoms with van der Waals surface area (Å²) in [5.41, 5.74) is 0.406. The van der Waals surface area contributed by atoms with Crippen LogP contribution in [-0.2, 0) is 4.79 Å². The fourth-order valence-corrected chi connectivity index (χ4v) is 3.66. The number of unbranched alkanes of at least 4 members (excludes halogenated alkanes) is 11. The van der Waals surface area contributed by atoms with Crippen molar-refractivity contribution in [1.29, 1.82) is 0 Å². The van der Waals surface area contributed by atoms with E-state index in [2.05, 4.69) is 34.8 Å². The molecule has 1 rings (SSSR count). The Balaban J connectivity index is 1.89. The largest absolute Gasteiger partial charge is 0.354 e. The number of rotatable bonds is 20. The van der Waals surface area contributed by atoms with E-state index in [-0.39, 0.29) is 17.9 Å². The smallest absolute Gasteiger partial charge is 0.271 e. The van der Waals surface area contributed by atoms with Gasteiger partial charge in [-0.15, -0.1) is 0 Å². The lowest BCUT2D eigenvalue weighted by molar-refractivity contribution is -0.121. The predicted octanol–water partition coefficient (Wildman–Crippen LogP) is 6.35. The molecule has 6 nitrogen and oxygen atoms in total. The lowest BCUT2D eigenvalue weighted by Crippen LogP contribution is -2.34. The van der Waals surface area contributed by atoms with E-state index < -0.39 is 0 Å². The molecule has 1 aromatic heterocycles. The van der Waals surface area contributed by atoms with E-state index in [1.807, 2.05) is 13.8 Å². The Labute approximate surface area is 202 Å². The van der Waals surface area contributed by atoms with Crippen molar-refractivity contribution in [3.63, 3.8) is 0 Å². The molecule has 188 valence electrons. The van der Waals surface area contributed by atoms with Crippen molar-refractivity contribution in [2.24, 2.45) is 0 Å². The summed E-state index contributed by atoms with van der Waals surface area (Å²) in [6.07, 6.45) is 23.4. The van der Waals surface area contributed by atoms with Crippen molar-refractivity contribution in [2.45, 2.75) is 117 Å². The van der Waals surface area contributed by atoms with Crippen LogP contribution in [0.15, 0.2) is 24.4 Å². The van der Waals surface area contributed by atoms with Gasteiger partial charge in [0.15, 0.2) is 0 Å². The van der Waals surface area contributed by atoms with Gasteiger partial charge in [-0.3, -0.25) is 14.3 Å². The third-order valence-electron chi connectivity index (χ3n) is 5.77. The molecule has 2 N–H and O–H groups in total. The minimum absolute atomic E-state index is 0.0611. The Morgan fingerprint density at radius 2 is 1.45 bits per heavy atom. The Kier molecular flexibility index (Phi) is 17.0. The van der Waals surface area contributed by atoms with Crippen LogP contribution >= 0.6 is 0 Å². The zero-order valence-electron chi connectivity index (χ0n) is 21.4. The van der Waals surface area contributed by atoms with Crippen molar-refractivity contribution in [3.8, 4) is 0 Å². The first-order valence-corrected chi connectivity index (χ1v) is 13.3. The van der Waals surface area contributed by atoms with E-state index in [4.69, 9.17) is 0 Å². The van der Waals surface area contributed by atoms with Gasteiger partial charge in [-0.1, -0.05) is 70.4 Å². The second-order valence-electron chi connectivity index (χ2n) is 9.21. The van der Waals surface area contributed by atoms with E-state index >= 15 is 0 Å². The average Bonchev–Trinajstić information content (AvgIpc) is 3.30. The number of hydrogen-bond donors (Lipinski definition) is 2. The molecule has 0 aromatic carbocycles. The molecule has 0 aliphatic rings. The highest BCUT2D eigenvalue weighted by atomic mass is 16.2. The molecule has 6 heteroatoms. The van der Waals surface area contributed by atoms with Gasteiger partial charge in [0.1, 0.15) is 5.69 Å². The first-order chi connectivity index (χ1) is 16.0. The summed E-state index contributed by atoms with van der Waals surface area (Å²) in [5.74, 6) is -0.146. The highest BCUT2D eigenvalue weighted by Crippen LogP contribution is 2.10. The molecule has 2 amide bonds. The van der Waals surface area contributed by atoms with Crippen LogP contribution in [0.3, 0.4) is 0 Å². The van der Waals surface area contributed by atoms with Crippen LogP contribution in [-0.4, -0.2) is 34.7 Å². The van der Waals surface area contributed by atoms with Crippen LogP contribution in [0.4, 0.5) is 0 Å². The molecule has 0 saturated heterocycles. The summed E-state index contributed by atoms with van der Waals surface area (Å²) in [6.45, 7) is 7.14. The number of nitrogens with one attached hydrogen (secondary N) is 2. The van der Waals surface area contributed by atoms with Crippen LogP contribution in [0.1, 0.15) is 127 Å². The standard InChI is InChI=1S/C27H48N4O2/c1-4-5-6-7-8-9-10-11-12-13-14-15-16-17-18-19-26(32)28-21-22-29-27(33)25-20-23-31(30-25)24(2)3/h11-12,20,23-24H,4-10,13-19,21-22H2,1-3H3,(H,28,32)(H,29,33). The van der Waals surface area contributed by atoms with Gasteiger partial charge < -0.3 is 10.6 Å². The number of carbonyl (C=O) groups is 2. The third kappa shape index (κ3) is 15.4. The number of hydrogen-bond acceptors (Lipinski definition) is 3. The summed E-state index contributed by atoms with van der Waals surface area (Å²) < 4.78 is 1.75. The summed E-state index contributed by atoms with van der Waals surface area (Å²) >= 11 is 0. The molecule has 0 saturated carbocycles. The van der Waals surface area contributed by atoms with Crippen molar-refractivity contribution in [1.82, 2.24) is 20.4 Å². The second-order valence-corrected chi connectivity index (χ2v) is 9.21. The summed E-state index contributed by atoms with van der Waals surface area (Å²) in [7, 11) is 0. The maximum Gasteiger partial charge on any atom is 0.271 e. The molecule has 1 heterocycles. The Bertz CT molecular complexity index is 667. The van der Waals surface area contributed by atoms with Gasteiger partial charge in [-0.25, -0.2) is 0 Å². The number of nitrogens with zero attached hydrogens (tertiary/aromatic N) is 2. The molecule has 0 bridgehead atoms. The van der Waals surface area contributed by atoms with E-state index in [1.165, 1.54) is 70.6 Å².